The summed E-state index contributed by atoms with van der Waals surface area (Å²) in [6.07, 6.45) is 2.52. The second kappa shape index (κ2) is 18.0. The summed E-state index contributed by atoms with van der Waals surface area (Å²) in [5, 5.41) is 0.207. The molecule has 1 aliphatic heterocycles. The zero-order valence-electron chi connectivity index (χ0n) is 30.9. The van der Waals surface area contributed by atoms with Crippen LogP contribution >= 0.6 is 0 Å². The van der Waals surface area contributed by atoms with E-state index in [9.17, 15) is 26.4 Å². The molecule has 54 heavy (non-hydrogen) atoms. The Bertz CT molecular complexity index is 2160. The van der Waals surface area contributed by atoms with Crippen LogP contribution in [0.15, 0.2) is 87.6 Å². The average molecular weight is 786 g/mol. The van der Waals surface area contributed by atoms with E-state index < -0.39 is 37.3 Å². The fourth-order valence-electron chi connectivity index (χ4n) is 5.85. The quantitative estimate of drug-likeness (QED) is 0.0840. The van der Waals surface area contributed by atoms with Crippen LogP contribution < -0.4 is 10.3 Å². The van der Waals surface area contributed by atoms with Gasteiger partial charge in [0.1, 0.15) is 24.5 Å². The summed E-state index contributed by atoms with van der Waals surface area (Å²) in [5.41, 5.74) is 1.13. The predicted octanol–water partition coefficient (Wildman–Crippen LogP) is 4.43. The molecule has 1 aliphatic rings. The Kier molecular flexibility index (Phi) is 13.6. The van der Waals surface area contributed by atoms with E-state index in [1.54, 1.807) is 32.9 Å². The third-order valence-corrected chi connectivity index (χ3v) is 11.8. The number of aromatic nitrogens is 2. The Labute approximate surface area is 316 Å². The van der Waals surface area contributed by atoms with E-state index in [1.165, 1.54) is 41.0 Å². The second-order valence-corrected chi connectivity index (χ2v) is 17.4. The Morgan fingerprint density at radius 2 is 1.43 bits per heavy atom. The van der Waals surface area contributed by atoms with Crippen LogP contribution in [-0.4, -0.2) is 95.0 Å². The highest BCUT2D eigenvalue weighted by molar-refractivity contribution is 7.89. The number of sulfonamides is 1. The first-order valence-electron chi connectivity index (χ1n) is 17.7. The van der Waals surface area contributed by atoms with Crippen LogP contribution in [0.25, 0.3) is 10.9 Å². The van der Waals surface area contributed by atoms with Gasteiger partial charge in [-0.3, -0.25) is 18.3 Å². The number of fused-ring (bicyclic) bond motifs is 1. The number of ether oxygens (including phenoxy) is 4. The van der Waals surface area contributed by atoms with Crippen molar-refractivity contribution < 1.29 is 44.8 Å². The van der Waals surface area contributed by atoms with Crippen LogP contribution in [0.4, 0.5) is 0 Å². The molecule has 0 N–H and O–H groups in total. The SMILES string of the molecule is Cc1ccc(S(=O)(=O)OCCOCCOCCOc2ccc(C3CCN(S(=O)(=O)c4ccc5c(=O)n(CC(=O)OC(C)(C)C)cnc5c4)CC3)cc2)cc1. The topological polar surface area (TPSA) is 170 Å². The maximum Gasteiger partial charge on any atom is 0.326 e. The first kappa shape index (κ1) is 41.0. The summed E-state index contributed by atoms with van der Waals surface area (Å²) in [5.74, 6) is 0.298. The fraction of sp³-hybridized carbons (Fsp3) is 0.447. The third kappa shape index (κ3) is 11.2. The maximum atomic E-state index is 13.6. The largest absolute Gasteiger partial charge is 0.491 e. The van der Waals surface area contributed by atoms with Crippen molar-refractivity contribution in [3.8, 4) is 5.75 Å². The van der Waals surface area contributed by atoms with Gasteiger partial charge in [0.05, 0.1) is 60.1 Å². The summed E-state index contributed by atoms with van der Waals surface area (Å²) in [7, 11) is -7.64. The summed E-state index contributed by atoms with van der Waals surface area (Å²) in [6, 6.07) is 18.4. The van der Waals surface area contributed by atoms with E-state index in [1.807, 2.05) is 31.2 Å². The van der Waals surface area contributed by atoms with Crippen LogP contribution in [0.2, 0.25) is 0 Å². The van der Waals surface area contributed by atoms with Gasteiger partial charge in [0, 0.05) is 13.1 Å². The number of rotatable bonds is 17. The van der Waals surface area contributed by atoms with Gasteiger partial charge in [-0.1, -0.05) is 29.8 Å². The molecule has 292 valence electrons. The van der Waals surface area contributed by atoms with Crippen molar-refractivity contribution in [1.29, 1.82) is 0 Å². The molecule has 16 heteroatoms. The average Bonchev–Trinajstić information content (AvgIpc) is 3.13. The Morgan fingerprint density at radius 1 is 0.815 bits per heavy atom. The van der Waals surface area contributed by atoms with Crippen molar-refractivity contribution in [3.05, 3.63) is 94.5 Å². The van der Waals surface area contributed by atoms with Gasteiger partial charge in [0.2, 0.25) is 10.0 Å². The molecule has 4 aromatic rings. The molecule has 0 bridgehead atoms. The predicted molar refractivity (Wildman–Crippen MR) is 200 cm³/mol. The van der Waals surface area contributed by atoms with E-state index in [4.69, 9.17) is 23.1 Å². The molecule has 14 nitrogen and oxygen atoms in total. The number of piperidine rings is 1. The number of aryl methyl sites for hydroxylation is 1. The van der Waals surface area contributed by atoms with Crippen molar-refractivity contribution in [2.24, 2.45) is 0 Å². The lowest BCUT2D eigenvalue weighted by atomic mass is 9.90. The molecule has 1 fully saturated rings. The molecule has 0 unspecified atom stereocenters. The van der Waals surface area contributed by atoms with Gasteiger partial charge in [-0.25, -0.2) is 13.4 Å². The smallest absolute Gasteiger partial charge is 0.326 e. The van der Waals surface area contributed by atoms with Gasteiger partial charge < -0.3 is 18.9 Å². The van der Waals surface area contributed by atoms with Gasteiger partial charge in [0.25, 0.3) is 15.7 Å². The third-order valence-electron chi connectivity index (χ3n) is 8.60. The fourth-order valence-corrected chi connectivity index (χ4v) is 8.24. The minimum atomic E-state index is -3.82. The first-order valence-corrected chi connectivity index (χ1v) is 20.5. The van der Waals surface area contributed by atoms with E-state index >= 15 is 0 Å². The number of benzene rings is 3. The molecule has 1 saturated heterocycles. The molecule has 3 aromatic carbocycles. The van der Waals surface area contributed by atoms with Gasteiger partial charge in [-0.05, 0) is 94.5 Å². The summed E-state index contributed by atoms with van der Waals surface area (Å²) >= 11 is 0. The van der Waals surface area contributed by atoms with E-state index in [0.29, 0.717) is 51.5 Å². The van der Waals surface area contributed by atoms with E-state index in [-0.39, 0.29) is 53.0 Å². The Hall–Kier alpha value is -4.19. The van der Waals surface area contributed by atoms with Crippen molar-refractivity contribution in [2.45, 2.75) is 68.4 Å². The lowest BCUT2D eigenvalue weighted by Crippen LogP contribution is -2.38. The van der Waals surface area contributed by atoms with Crippen LogP contribution in [0.5, 0.6) is 5.75 Å². The van der Waals surface area contributed by atoms with Crippen LogP contribution in [0, 0.1) is 6.92 Å². The molecule has 5 rings (SSSR count). The van der Waals surface area contributed by atoms with Gasteiger partial charge in [-0.2, -0.15) is 12.7 Å². The normalized spacial score (nSPS) is 14.7. The second-order valence-electron chi connectivity index (χ2n) is 13.9. The monoisotopic (exact) mass is 785 g/mol. The van der Waals surface area contributed by atoms with Crippen molar-refractivity contribution in [2.75, 3.05) is 52.7 Å². The van der Waals surface area contributed by atoms with Gasteiger partial charge in [0.15, 0.2) is 0 Å². The molecule has 0 saturated carbocycles. The summed E-state index contributed by atoms with van der Waals surface area (Å²) in [6.45, 7) is 8.76. The van der Waals surface area contributed by atoms with Crippen molar-refractivity contribution in [3.63, 3.8) is 0 Å². The lowest BCUT2D eigenvalue weighted by molar-refractivity contribution is -0.155. The number of hydrogen-bond donors (Lipinski definition) is 0. The molecular weight excluding hydrogens is 739 g/mol. The first-order chi connectivity index (χ1) is 25.6. The van der Waals surface area contributed by atoms with E-state index in [0.717, 1.165) is 15.7 Å². The molecular formula is C38H47N3O11S2. The van der Waals surface area contributed by atoms with Gasteiger partial charge in [-0.15, -0.1) is 0 Å². The van der Waals surface area contributed by atoms with Crippen LogP contribution in [0.3, 0.4) is 0 Å². The Morgan fingerprint density at radius 3 is 2.07 bits per heavy atom. The number of carbonyl (C=O) groups is 1. The molecule has 0 amide bonds. The molecule has 0 aliphatic carbocycles. The molecule has 1 aromatic heterocycles. The van der Waals surface area contributed by atoms with Gasteiger partial charge >= 0.3 is 5.97 Å². The highest BCUT2D eigenvalue weighted by Crippen LogP contribution is 2.32. The number of carbonyl (C=O) groups excluding carboxylic acids is 1. The Balaban J connectivity index is 1.00. The minimum Gasteiger partial charge on any atom is -0.491 e. The number of hydrogen-bond acceptors (Lipinski definition) is 12. The number of nitrogens with zero attached hydrogens (tertiary/aromatic N) is 3. The number of esters is 1. The highest BCUT2D eigenvalue weighted by Gasteiger charge is 2.30. The van der Waals surface area contributed by atoms with E-state index in [2.05, 4.69) is 4.98 Å². The van der Waals surface area contributed by atoms with Crippen LogP contribution in [0.1, 0.15) is 50.7 Å². The minimum absolute atomic E-state index is 0.0556. The zero-order valence-corrected chi connectivity index (χ0v) is 32.6. The summed E-state index contributed by atoms with van der Waals surface area (Å²) < 4.78 is 81.1. The molecule has 0 radical (unpaired) electrons. The highest BCUT2D eigenvalue weighted by atomic mass is 32.2. The van der Waals surface area contributed by atoms with Crippen LogP contribution in [-0.2, 0) is 49.9 Å². The molecule has 2 heterocycles. The van der Waals surface area contributed by atoms with Crippen molar-refractivity contribution in [1.82, 2.24) is 13.9 Å². The summed E-state index contributed by atoms with van der Waals surface area (Å²) in [4.78, 5) is 29.6. The molecule has 0 atom stereocenters. The molecule has 0 spiro atoms. The zero-order chi connectivity index (χ0) is 38.9. The maximum absolute atomic E-state index is 13.6. The standard InChI is InChI=1S/C38H47N3O11S2/c1-28-5-11-32(12-6-28)54(46,47)51-24-22-49-20-19-48-21-23-50-31-9-7-29(8-10-31)30-15-17-41(18-16-30)53(44,45)33-13-14-34-35(25-33)39-27-40(37(34)43)26-36(42)52-38(2,3)4/h5-14,25,27,30H,15-24,26H2,1-4H3. The lowest BCUT2D eigenvalue weighted by Gasteiger charge is -2.31. The van der Waals surface area contributed by atoms with Crippen molar-refractivity contribution >= 4 is 37.0 Å².